The molecule has 0 aliphatic carbocycles. The Morgan fingerprint density at radius 2 is 1.93 bits per heavy atom. The molecule has 2 rings (SSSR count). The second kappa shape index (κ2) is 8.33. The predicted octanol–water partition coefficient (Wildman–Crippen LogP) is 5.19. The molecule has 0 saturated heterocycles. The fourth-order valence-electron chi connectivity index (χ4n) is 3.00. The first-order chi connectivity index (χ1) is 12.5. The second-order valence-corrected chi connectivity index (χ2v) is 8.44. The number of halogens is 1. The van der Waals surface area contributed by atoms with E-state index in [1.54, 1.807) is 27.7 Å². The van der Waals surface area contributed by atoms with E-state index >= 15 is 0 Å². The normalized spacial score (nSPS) is 11.7. The molecule has 1 aromatic heterocycles. The highest BCUT2D eigenvalue weighted by Gasteiger charge is 2.26. The number of amides is 1. The molecule has 2 aromatic rings. The minimum Gasteiger partial charge on any atom is -0.462 e. The largest absolute Gasteiger partial charge is 0.462 e. The third-order valence-electron chi connectivity index (χ3n) is 3.86. The topological polar surface area (TPSA) is 69.6 Å². The zero-order chi connectivity index (χ0) is 20.4. The maximum Gasteiger partial charge on any atom is 0.407 e. The first-order valence-corrected chi connectivity index (χ1v) is 9.80. The molecule has 27 heavy (non-hydrogen) atoms. The maximum atomic E-state index is 12.7. The molecule has 0 radical (unpaired) electrons. The van der Waals surface area contributed by atoms with Crippen molar-refractivity contribution in [2.45, 2.75) is 59.7 Å². The molecular weight excluding hydrogens is 412 g/mol. The third kappa shape index (κ3) is 5.03. The zero-order valence-electron chi connectivity index (χ0n) is 16.7. The lowest BCUT2D eigenvalue weighted by Gasteiger charge is -2.21. The van der Waals surface area contributed by atoms with Gasteiger partial charge in [-0.3, -0.25) is 0 Å². The van der Waals surface area contributed by atoms with Crippen LogP contribution < -0.4 is 5.32 Å². The summed E-state index contributed by atoms with van der Waals surface area (Å²) in [4.78, 5) is 24.8. The molecular formula is C20H27BrN2O4. The number of rotatable bonds is 5. The summed E-state index contributed by atoms with van der Waals surface area (Å²) in [7, 11) is 0. The number of nitrogens with one attached hydrogen (secondary N) is 1. The fraction of sp³-hybridized carbons (Fsp3) is 0.500. The molecule has 0 unspecified atom stereocenters. The van der Waals surface area contributed by atoms with Gasteiger partial charge in [-0.1, -0.05) is 22.0 Å². The number of alkyl carbamates (subject to hydrolysis) is 1. The SMILES string of the molecule is CCOC(=O)c1c(CNC(=O)OC(C)(C)C)n(C(C)C)c2cc(Br)ccc12. The number of benzene rings is 1. The van der Waals surface area contributed by atoms with Crippen LogP contribution in [-0.4, -0.2) is 28.8 Å². The van der Waals surface area contributed by atoms with Crippen LogP contribution in [0.25, 0.3) is 10.9 Å². The Hall–Kier alpha value is -2.02. The van der Waals surface area contributed by atoms with Crippen LogP contribution in [0.4, 0.5) is 4.79 Å². The van der Waals surface area contributed by atoms with Gasteiger partial charge in [-0.25, -0.2) is 9.59 Å². The summed E-state index contributed by atoms with van der Waals surface area (Å²) in [5.41, 5.74) is 1.49. The summed E-state index contributed by atoms with van der Waals surface area (Å²) >= 11 is 3.49. The van der Waals surface area contributed by atoms with Gasteiger partial charge < -0.3 is 19.4 Å². The third-order valence-corrected chi connectivity index (χ3v) is 4.36. The summed E-state index contributed by atoms with van der Waals surface area (Å²) in [6.07, 6.45) is -0.529. The Morgan fingerprint density at radius 1 is 1.26 bits per heavy atom. The number of hydrogen-bond acceptors (Lipinski definition) is 4. The molecule has 0 fully saturated rings. The van der Waals surface area contributed by atoms with Crippen molar-refractivity contribution in [1.29, 1.82) is 0 Å². The lowest BCUT2D eigenvalue weighted by atomic mass is 10.1. The molecule has 6 nitrogen and oxygen atoms in total. The Balaban J connectivity index is 2.54. The molecule has 0 bridgehead atoms. The molecule has 0 aliphatic rings. The summed E-state index contributed by atoms with van der Waals surface area (Å²) in [6, 6.07) is 5.83. The monoisotopic (exact) mass is 438 g/mol. The molecule has 0 aliphatic heterocycles. The van der Waals surface area contributed by atoms with E-state index in [0.29, 0.717) is 11.3 Å². The van der Waals surface area contributed by atoms with Crippen molar-refractivity contribution >= 4 is 38.9 Å². The Bertz CT molecular complexity index is 850. The number of aromatic nitrogens is 1. The average molecular weight is 439 g/mol. The lowest BCUT2D eigenvalue weighted by molar-refractivity contribution is 0.0502. The first kappa shape index (κ1) is 21.3. The standard InChI is InChI=1S/C20H27BrN2O4/c1-7-26-18(24)17-14-9-8-13(21)10-15(14)23(12(2)3)16(17)11-22-19(25)27-20(4,5)6/h8-10,12H,7,11H2,1-6H3,(H,22,25). The van der Waals surface area contributed by atoms with Crippen molar-refractivity contribution in [3.8, 4) is 0 Å². The van der Waals surface area contributed by atoms with Gasteiger partial charge >= 0.3 is 12.1 Å². The van der Waals surface area contributed by atoms with Crippen LogP contribution in [0, 0.1) is 0 Å². The smallest absolute Gasteiger partial charge is 0.407 e. The fourth-order valence-corrected chi connectivity index (χ4v) is 3.35. The van der Waals surface area contributed by atoms with Crippen molar-refractivity contribution in [3.63, 3.8) is 0 Å². The van der Waals surface area contributed by atoms with E-state index in [4.69, 9.17) is 9.47 Å². The Labute approximate surface area is 168 Å². The van der Waals surface area contributed by atoms with Crippen LogP contribution >= 0.6 is 15.9 Å². The average Bonchev–Trinajstić information content (AvgIpc) is 2.84. The van der Waals surface area contributed by atoms with Crippen LogP contribution in [0.5, 0.6) is 0 Å². The highest BCUT2D eigenvalue weighted by atomic mass is 79.9. The van der Waals surface area contributed by atoms with Crippen LogP contribution in [-0.2, 0) is 16.0 Å². The summed E-state index contributed by atoms with van der Waals surface area (Å²) in [6.45, 7) is 11.7. The number of carbonyl (C=O) groups excluding carboxylic acids is 2. The highest BCUT2D eigenvalue weighted by molar-refractivity contribution is 9.10. The van der Waals surface area contributed by atoms with Crippen molar-refractivity contribution in [2.24, 2.45) is 0 Å². The van der Waals surface area contributed by atoms with Crippen LogP contribution in [0.15, 0.2) is 22.7 Å². The number of nitrogens with zero attached hydrogens (tertiary/aromatic N) is 1. The molecule has 7 heteroatoms. The lowest BCUT2D eigenvalue weighted by Crippen LogP contribution is -2.33. The van der Waals surface area contributed by atoms with Gasteiger partial charge in [0, 0.05) is 15.9 Å². The molecule has 1 heterocycles. The van der Waals surface area contributed by atoms with E-state index in [2.05, 4.69) is 21.2 Å². The van der Waals surface area contributed by atoms with Crippen LogP contribution in [0.1, 0.15) is 63.6 Å². The minimum absolute atomic E-state index is 0.0837. The summed E-state index contributed by atoms with van der Waals surface area (Å²) < 4.78 is 13.6. The minimum atomic E-state index is -0.594. The summed E-state index contributed by atoms with van der Waals surface area (Å²) in [5, 5.41) is 3.56. The second-order valence-electron chi connectivity index (χ2n) is 7.52. The van der Waals surface area contributed by atoms with Gasteiger partial charge in [0.1, 0.15) is 5.60 Å². The van der Waals surface area contributed by atoms with Gasteiger partial charge in [0.05, 0.1) is 29.9 Å². The van der Waals surface area contributed by atoms with E-state index in [-0.39, 0.29) is 19.2 Å². The van der Waals surface area contributed by atoms with E-state index in [9.17, 15) is 9.59 Å². The molecule has 1 amide bonds. The van der Waals surface area contributed by atoms with Crippen molar-refractivity contribution < 1.29 is 19.1 Å². The van der Waals surface area contributed by atoms with Gasteiger partial charge in [-0.05, 0) is 53.7 Å². The number of fused-ring (bicyclic) bond motifs is 1. The Kier molecular flexibility index (Phi) is 6.57. The molecule has 1 aromatic carbocycles. The van der Waals surface area contributed by atoms with E-state index in [1.165, 1.54) is 0 Å². The number of esters is 1. The predicted molar refractivity (Wildman–Crippen MR) is 109 cm³/mol. The van der Waals surface area contributed by atoms with Crippen molar-refractivity contribution in [1.82, 2.24) is 9.88 Å². The Morgan fingerprint density at radius 3 is 2.48 bits per heavy atom. The molecule has 0 saturated carbocycles. The maximum absolute atomic E-state index is 12.7. The van der Waals surface area contributed by atoms with Gasteiger partial charge in [0.25, 0.3) is 0 Å². The molecule has 0 atom stereocenters. The van der Waals surface area contributed by atoms with E-state index in [1.807, 2.05) is 36.6 Å². The first-order valence-electron chi connectivity index (χ1n) is 9.01. The van der Waals surface area contributed by atoms with Crippen LogP contribution in [0.2, 0.25) is 0 Å². The van der Waals surface area contributed by atoms with E-state index in [0.717, 1.165) is 15.4 Å². The summed E-state index contributed by atoms with van der Waals surface area (Å²) in [5.74, 6) is -0.398. The van der Waals surface area contributed by atoms with Gasteiger partial charge in [0.2, 0.25) is 0 Å². The molecule has 0 spiro atoms. The van der Waals surface area contributed by atoms with E-state index < -0.39 is 17.7 Å². The van der Waals surface area contributed by atoms with Gasteiger partial charge in [-0.15, -0.1) is 0 Å². The zero-order valence-corrected chi connectivity index (χ0v) is 18.3. The number of carbonyl (C=O) groups is 2. The molecule has 1 N–H and O–H groups in total. The van der Waals surface area contributed by atoms with Crippen molar-refractivity contribution in [3.05, 3.63) is 33.9 Å². The number of ether oxygens (including phenoxy) is 2. The molecule has 148 valence electrons. The van der Waals surface area contributed by atoms with Gasteiger partial charge in [0.15, 0.2) is 0 Å². The van der Waals surface area contributed by atoms with Crippen LogP contribution in [0.3, 0.4) is 0 Å². The highest BCUT2D eigenvalue weighted by Crippen LogP contribution is 2.32. The quantitative estimate of drug-likeness (QED) is 0.652. The van der Waals surface area contributed by atoms with Crippen molar-refractivity contribution in [2.75, 3.05) is 6.61 Å². The van der Waals surface area contributed by atoms with Gasteiger partial charge in [-0.2, -0.15) is 0 Å². The number of hydrogen-bond donors (Lipinski definition) is 1.